The molecule has 0 radical (unpaired) electrons. The molecule has 2 heteroatoms. The standard InChI is InChI=1S/C16H22N2/c1-2-12-6-7-17-16(12)14(3-1)10-18-15-9-11-4-5-13(15)8-11/h1-3,11,13,15,17-18H,4-10H2. The first-order valence-corrected chi connectivity index (χ1v) is 7.48. The summed E-state index contributed by atoms with van der Waals surface area (Å²) in [5.41, 5.74) is 4.38. The third-order valence-corrected chi connectivity index (χ3v) is 5.23. The van der Waals surface area contributed by atoms with E-state index in [1.807, 2.05) is 0 Å². The van der Waals surface area contributed by atoms with E-state index in [2.05, 4.69) is 28.8 Å². The molecule has 0 amide bonds. The highest BCUT2D eigenvalue weighted by Crippen LogP contribution is 2.44. The Kier molecular flexibility index (Phi) is 2.58. The molecule has 4 rings (SSSR count). The molecular formula is C16H22N2. The summed E-state index contributed by atoms with van der Waals surface area (Å²) in [4.78, 5) is 0. The second-order valence-corrected chi connectivity index (χ2v) is 6.29. The van der Waals surface area contributed by atoms with E-state index < -0.39 is 0 Å². The number of anilines is 1. The van der Waals surface area contributed by atoms with Crippen molar-refractivity contribution < 1.29 is 0 Å². The molecule has 0 saturated heterocycles. The lowest BCUT2D eigenvalue weighted by Crippen LogP contribution is -2.33. The van der Waals surface area contributed by atoms with Gasteiger partial charge < -0.3 is 10.6 Å². The van der Waals surface area contributed by atoms with Gasteiger partial charge in [-0.3, -0.25) is 0 Å². The van der Waals surface area contributed by atoms with Crippen LogP contribution in [0.15, 0.2) is 18.2 Å². The van der Waals surface area contributed by atoms with Gasteiger partial charge in [-0.05, 0) is 48.6 Å². The van der Waals surface area contributed by atoms with Gasteiger partial charge in [0, 0.05) is 24.8 Å². The van der Waals surface area contributed by atoms with Crippen LogP contribution < -0.4 is 10.6 Å². The van der Waals surface area contributed by atoms with Crippen molar-refractivity contribution in [2.75, 3.05) is 11.9 Å². The fourth-order valence-electron chi connectivity index (χ4n) is 4.29. The first kappa shape index (κ1) is 10.9. The van der Waals surface area contributed by atoms with E-state index in [1.165, 1.54) is 48.9 Å². The van der Waals surface area contributed by atoms with E-state index in [4.69, 9.17) is 0 Å². The molecule has 3 atom stereocenters. The van der Waals surface area contributed by atoms with Crippen LogP contribution in [0.5, 0.6) is 0 Å². The van der Waals surface area contributed by atoms with Crippen molar-refractivity contribution >= 4 is 5.69 Å². The van der Waals surface area contributed by atoms with Crippen LogP contribution in [-0.2, 0) is 13.0 Å². The second kappa shape index (κ2) is 4.27. The van der Waals surface area contributed by atoms with Gasteiger partial charge in [-0.25, -0.2) is 0 Å². The lowest BCUT2D eigenvalue weighted by molar-refractivity contribution is 0.351. The molecule has 2 N–H and O–H groups in total. The number of benzene rings is 1. The third-order valence-electron chi connectivity index (χ3n) is 5.23. The number of fused-ring (bicyclic) bond motifs is 3. The van der Waals surface area contributed by atoms with Gasteiger partial charge in [0.25, 0.3) is 0 Å². The monoisotopic (exact) mass is 242 g/mol. The van der Waals surface area contributed by atoms with Crippen molar-refractivity contribution in [1.82, 2.24) is 5.32 Å². The summed E-state index contributed by atoms with van der Waals surface area (Å²) in [7, 11) is 0. The number of hydrogen-bond donors (Lipinski definition) is 2. The molecule has 1 aromatic carbocycles. The average Bonchev–Trinajstić information content (AvgIpc) is 3.11. The maximum absolute atomic E-state index is 3.82. The van der Waals surface area contributed by atoms with Crippen LogP contribution in [0.2, 0.25) is 0 Å². The topological polar surface area (TPSA) is 24.1 Å². The lowest BCUT2D eigenvalue weighted by atomic mass is 9.95. The highest BCUT2D eigenvalue weighted by Gasteiger charge is 2.39. The van der Waals surface area contributed by atoms with Crippen LogP contribution in [0.1, 0.15) is 36.8 Å². The Labute approximate surface area is 109 Å². The van der Waals surface area contributed by atoms with E-state index in [0.29, 0.717) is 0 Å². The van der Waals surface area contributed by atoms with Gasteiger partial charge in [0.1, 0.15) is 0 Å². The first-order chi connectivity index (χ1) is 8.90. The fraction of sp³-hybridized carbons (Fsp3) is 0.625. The van der Waals surface area contributed by atoms with Gasteiger partial charge >= 0.3 is 0 Å². The zero-order chi connectivity index (χ0) is 11.9. The lowest BCUT2D eigenvalue weighted by Gasteiger charge is -2.23. The number of para-hydroxylation sites is 1. The molecule has 1 heterocycles. The van der Waals surface area contributed by atoms with E-state index >= 15 is 0 Å². The minimum absolute atomic E-state index is 0.793. The van der Waals surface area contributed by atoms with Crippen molar-refractivity contribution in [2.24, 2.45) is 11.8 Å². The van der Waals surface area contributed by atoms with Crippen molar-refractivity contribution in [3.05, 3.63) is 29.3 Å². The molecule has 2 nitrogen and oxygen atoms in total. The quantitative estimate of drug-likeness (QED) is 0.851. The van der Waals surface area contributed by atoms with Crippen molar-refractivity contribution in [2.45, 2.75) is 44.7 Å². The number of nitrogens with one attached hydrogen (secondary N) is 2. The fourth-order valence-corrected chi connectivity index (χ4v) is 4.29. The molecule has 0 spiro atoms. The minimum Gasteiger partial charge on any atom is -0.384 e. The Bertz CT molecular complexity index is 454. The molecule has 18 heavy (non-hydrogen) atoms. The summed E-state index contributed by atoms with van der Waals surface area (Å²) in [6, 6.07) is 7.54. The van der Waals surface area contributed by atoms with Crippen molar-refractivity contribution in [3.63, 3.8) is 0 Å². The van der Waals surface area contributed by atoms with Gasteiger partial charge in [-0.15, -0.1) is 0 Å². The van der Waals surface area contributed by atoms with E-state index in [-0.39, 0.29) is 0 Å². The summed E-state index contributed by atoms with van der Waals surface area (Å²) in [5, 5.41) is 7.36. The maximum atomic E-state index is 3.82. The summed E-state index contributed by atoms with van der Waals surface area (Å²) in [6.07, 6.45) is 7.06. The second-order valence-electron chi connectivity index (χ2n) is 6.29. The normalized spacial score (nSPS) is 32.6. The highest BCUT2D eigenvalue weighted by molar-refractivity contribution is 5.61. The maximum Gasteiger partial charge on any atom is 0.0419 e. The Morgan fingerprint density at radius 2 is 2.22 bits per heavy atom. The zero-order valence-corrected chi connectivity index (χ0v) is 10.9. The first-order valence-electron chi connectivity index (χ1n) is 7.48. The van der Waals surface area contributed by atoms with Crippen molar-refractivity contribution in [3.8, 4) is 0 Å². The third kappa shape index (κ3) is 1.74. The Hall–Kier alpha value is -1.02. The molecule has 1 aromatic rings. The smallest absolute Gasteiger partial charge is 0.0419 e. The summed E-state index contributed by atoms with van der Waals surface area (Å²) in [6.45, 7) is 2.16. The Morgan fingerprint density at radius 1 is 1.22 bits per heavy atom. The molecule has 96 valence electrons. The summed E-state index contributed by atoms with van der Waals surface area (Å²) >= 11 is 0. The Morgan fingerprint density at radius 3 is 3.06 bits per heavy atom. The number of rotatable bonds is 3. The Balaban J connectivity index is 1.45. The van der Waals surface area contributed by atoms with Gasteiger partial charge in [-0.2, -0.15) is 0 Å². The molecule has 0 aromatic heterocycles. The van der Waals surface area contributed by atoms with Crippen LogP contribution in [0.3, 0.4) is 0 Å². The average molecular weight is 242 g/mol. The van der Waals surface area contributed by atoms with Crippen LogP contribution >= 0.6 is 0 Å². The van der Waals surface area contributed by atoms with Crippen LogP contribution in [0.25, 0.3) is 0 Å². The highest BCUT2D eigenvalue weighted by atomic mass is 15.0. The van der Waals surface area contributed by atoms with Crippen LogP contribution in [0, 0.1) is 11.8 Å². The van der Waals surface area contributed by atoms with Gasteiger partial charge in [0.2, 0.25) is 0 Å². The van der Waals surface area contributed by atoms with E-state index in [1.54, 1.807) is 0 Å². The SMILES string of the molecule is c1cc2c(c(CNC3CC4CCC3C4)c1)NCC2. The largest absolute Gasteiger partial charge is 0.384 e. The predicted molar refractivity (Wildman–Crippen MR) is 74.7 cm³/mol. The molecule has 2 fully saturated rings. The summed E-state index contributed by atoms with van der Waals surface area (Å²) < 4.78 is 0. The molecule has 1 aliphatic heterocycles. The molecule has 3 unspecified atom stereocenters. The van der Waals surface area contributed by atoms with Gasteiger partial charge in [0.05, 0.1) is 0 Å². The molecule has 3 aliphatic rings. The molecule has 2 bridgehead atoms. The predicted octanol–water partition coefficient (Wildman–Crippen LogP) is 2.93. The van der Waals surface area contributed by atoms with Gasteiger partial charge in [0.15, 0.2) is 0 Å². The van der Waals surface area contributed by atoms with Gasteiger partial charge in [-0.1, -0.05) is 24.6 Å². The minimum atomic E-state index is 0.793. The molecule has 2 aliphatic carbocycles. The van der Waals surface area contributed by atoms with E-state index in [9.17, 15) is 0 Å². The summed E-state index contributed by atoms with van der Waals surface area (Å²) in [5.74, 6) is 2.01. The number of hydrogen-bond acceptors (Lipinski definition) is 2. The zero-order valence-electron chi connectivity index (χ0n) is 10.9. The van der Waals surface area contributed by atoms with Crippen molar-refractivity contribution in [1.29, 1.82) is 0 Å². The molecular weight excluding hydrogens is 220 g/mol. The van der Waals surface area contributed by atoms with Crippen LogP contribution in [0.4, 0.5) is 5.69 Å². The van der Waals surface area contributed by atoms with E-state index in [0.717, 1.165) is 31.0 Å². The molecule has 2 saturated carbocycles. The van der Waals surface area contributed by atoms with Crippen LogP contribution in [-0.4, -0.2) is 12.6 Å².